The van der Waals surface area contributed by atoms with E-state index in [0.717, 1.165) is 17.1 Å². The lowest BCUT2D eigenvalue weighted by molar-refractivity contribution is 0.425. The van der Waals surface area contributed by atoms with Crippen LogP contribution in [0, 0.1) is 5.92 Å². The van der Waals surface area contributed by atoms with Gasteiger partial charge in [0.15, 0.2) is 0 Å². The van der Waals surface area contributed by atoms with E-state index in [-0.39, 0.29) is 6.04 Å². The van der Waals surface area contributed by atoms with Crippen molar-refractivity contribution in [2.75, 3.05) is 5.32 Å². The Bertz CT molecular complexity index is 712. The van der Waals surface area contributed by atoms with Crippen molar-refractivity contribution in [1.29, 1.82) is 0 Å². The highest BCUT2D eigenvalue weighted by Crippen LogP contribution is 2.52. The van der Waals surface area contributed by atoms with E-state index in [0.29, 0.717) is 16.9 Å². The molecule has 21 heavy (non-hydrogen) atoms. The minimum absolute atomic E-state index is 0.237. The molecule has 0 fully saturated rings. The molecule has 0 saturated carbocycles. The first-order valence-corrected chi connectivity index (χ1v) is 7.81. The van der Waals surface area contributed by atoms with Gasteiger partial charge in [-0.3, -0.25) is 4.98 Å². The second-order valence-electron chi connectivity index (χ2n) is 5.61. The lowest BCUT2D eigenvalue weighted by atomic mass is 9.77. The SMILES string of the molecule is Clc1cc(Cl)c2c(c1)N[C@H](c1cccnc1)[C@H]1CC=C[C@@H]21. The maximum absolute atomic E-state index is 6.44. The molecule has 3 atom stereocenters. The van der Waals surface area contributed by atoms with Gasteiger partial charge in [-0.15, -0.1) is 0 Å². The van der Waals surface area contributed by atoms with E-state index in [2.05, 4.69) is 28.5 Å². The summed E-state index contributed by atoms with van der Waals surface area (Å²) in [5.41, 5.74) is 3.41. The van der Waals surface area contributed by atoms with E-state index in [9.17, 15) is 0 Å². The van der Waals surface area contributed by atoms with E-state index >= 15 is 0 Å². The van der Waals surface area contributed by atoms with Crippen LogP contribution in [0.15, 0.2) is 48.8 Å². The average molecular weight is 317 g/mol. The van der Waals surface area contributed by atoms with Gasteiger partial charge in [-0.1, -0.05) is 41.4 Å². The predicted molar refractivity (Wildman–Crippen MR) is 87.1 cm³/mol. The summed E-state index contributed by atoms with van der Waals surface area (Å²) in [5.74, 6) is 0.816. The number of halogens is 2. The van der Waals surface area contributed by atoms with Crippen molar-refractivity contribution in [3.05, 3.63) is 70.0 Å². The Morgan fingerprint density at radius 1 is 1.24 bits per heavy atom. The van der Waals surface area contributed by atoms with Gasteiger partial charge in [-0.2, -0.15) is 0 Å². The van der Waals surface area contributed by atoms with Crippen molar-refractivity contribution >= 4 is 28.9 Å². The van der Waals surface area contributed by atoms with Crippen molar-refractivity contribution in [1.82, 2.24) is 4.98 Å². The molecule has 0 unspecified atom stereocenters. The summed E-state index contributed by atoms with van der Waals surface area (Å²) in [7, 11) is 0. The third kappa shape index (κ3) is 2.14. The lowest BCUT2D eigenvalue weighted by Crippen LogP contribution is -2.29. The zero-order chi connectivity index (χ0) is 14.4. The summed E-state index contributed by atoms with van der Waals surface area (Å²) in [6, 6.07) is 8.14. The van der Waals surface area contributed by atoms with Crippen molar-refractivity contribution in [3.63, 3.8) is 0 Å². The summed E-state index contributed by atoms with van der Waals surface area (Å²) in [6.07, 6.45) is 9.31. The van der Waals surface area contributed by atoms with Crippen LogP contribution < -0.4 is 5.32 Å². The third-order valence-corrected chi connectivity index (χ3v) is 4.95. The third-order valence-electron chi connectivity index (χ3n) is 4.42. The second-order valence-corrected chi connectivity index (χ2v) is 6.45. The Labute approximate surface area is 133 Å². The van der Waals surface area contributed by atoms with Gasteiger partial charge in [0, 0.05) is 39.6 Å². The smallest absolute Gasteiger partial charge is 0.0569 e. The number of aromatic nitrogens is 1. The summed E-state index contributed by atoms with van der Waals surface area (Å²) >= 11 is 12.6. The number of hydrogen-bond donors (Lipinski definition) is 1. The number of nitrogens with zero attached hydrogens (tertiary/aromatic N) is 1. The fourth-order valence-corrected chi connectivity index (χ4v) is 4.15. The molecule has 2 heterocycles. The number of pyridine rings is 1. The number of benzene rings is 1. The molecule has 106 valence electrons. The molecule has 4 heteroatoms. The highest BCUT2D eigenvalue weighted by atomic mass is 35.5. The van der Waals surface area contributed by atoms with Gasteiger partial charge in [0.1, 0.15) is 0 Å². The first kappa shape index (κ1) is 13.2. The Morgan fingerprint density at radius 2 is 2.14 bits per heavy atom. The topological polar surface area (TPSA) is 24.9 Å². The van der Waals surface area contributed by atoms with Crippen LogP contribution in [-0.2, 0) is 0 Å². The zero-order valence-corrected chi connectivity index (χ0v) is 12.8. The van der Waals surface area contributed by atoms with E-state index in [1.165, 1.54) is 11.1 Å². The standard InChI is InChI=1S/C17H14Cl2N2/c18-11-7-14(19)16-12-4-1-5-13(12)17(21-15(16)8-11)10-3-2-6-20-9-10/h1-4,6-9,12-13,17,21H,5H2/t12-,13+,17-/m1/s1. The average Bonchev–Trinajstić information content (AvgIpc) is 2.95. The first-order chi connectivity index (χ1) is 10.2. The van der Waals surface area contributed by atoms with Gasteiger partial charge in [0.2, 0.25) is 0 Å². The van der Waals surface area contributed by atoms with Crippen molar-refractivity contribution in [3.8, 4) is 0 Å². The van der Waals surface area contributed by atoms with Crippen molar-refractivity contribution < 1.29 is 0 Å². The van der Waals surface area contributed by atoms with Gasteiger partial charge < -0.3 is 5.32 Å². The molecule has 0 spiro atoms. The molecule has 0 amide bonds. The fraction of sp³-hybridized carbons (Fsp3) is 0.235. The number of anilines is 1. The lowest BCUT2D eigenvalue weighted by Gasteiger charge is -2.37. The molecule has 4 rings (SSSR count). The fourth-order valence-electron chi connectivity index (χ4n) is 3.53. The van der Waals surface area contributed by atoms with E-state index in [1.54, 1.807) is 6.20 Å². The summed E-state index contributed by atoms with van der Waals surface area (Å²) in [5, 5.41) is 5.03. The quantitative estimate of drug-likeness (QED) is 0.730. The molecular formula is C17H14Cl2N2. The molecule has 1 aliphatic heterocycles. The monoisotopic (exact) mass is 316 g/mol. The Balaban J connectivity index is 1.84. The van der Waals surface area contributed by atoms with Crippen molar-refractivity contribution in [2.45, 2.75) is 18.4 Å². The molecule has 1 aliphatic carbocycles. The number of allylic oxidation sites excluding steroid dienone is 2. The maximum Gasteiger partial charge on any atom is 0.0569 e. The van der Waals surface area contributed by atoms with E-state index in [1.807, 2.05) is 24.4 Å². The zero-order valence-electron chi connectivity index (χ0n) is 11.3. The van der Waals surface area contributed by atoms with Crippen LogP contribution in [0.2, 0.25) is 10.0 Å². The molecule has 0 saturated heterocycles. The highest BCUT2D eigenvalue weighted by molar-refractivity contribution is 6.35. The van der Waals surface area contributed by atoms with Gasteiger partial charge in [-0.25, -0.2) is 0 Å². The largest absolute Gasteiger partial charge is 0.378 e. The second kappa shape index (κ2) is 5.04. The minimum atomic E-state index is 0.237. The summed E-state index contributed by atoms with van der Waals surface area (Å²) < 4.78 is 0. The van der Waals surface area contributed by atoms with Gasteiger partial charge in [0.25, 0.3) is 0 Å². The summed E-state index contributed by atoms with van der Waals surface area (Å²) in [6.45, 7) is 0. The van der Waals surface area contributed by atoms with E-state index in [4.69, 9.17) is 23.2 Å². The van der Waals surface area contributed by atoms with Crippen LogP contribution in [-0.4, -0.2) is 4.98 Å². The molecule has 0 radical (unpaired) electrons. The number of fused-ring (bicyclic) bond motifs is 3. The Morgan fingerprint density at radius 3 is 2.95 bits per heavy atom. The normalized spacial score (nSPS) is 26.1. The van der Waals surface area contributed by atoms with Crippen LogP contribution >= 0.6 is 23.2 Å². The molecule has 1 aromatic carbocycles. The van der Waals surface area contributed by atoms with Gasteiger partial charge in [0.05, 0.1) is 6.04 Å². The first-order valence-electron chi connectivity index (χ1n) is 7.06. The van der Waals surface area contributed by atoms with Gasteiger partial charge >= 0.3 is 0 Å². The number of rotatable bonds is 1. The minimum Gasteiger partial charge on any atom is -0.378 e. The number of hydrogen-bond acceptors (Lipinski definition) is 2. The Hall–Kier alpha value is -1.51. The summed E-state index contributed by atoms with van der Waals surface area (Å²) in [4.78, 5) is 4.25. The van der Waals surface area contributed by atoms with Crippen LogP contribution in [0.3, 0.4) is 0 Å². The highest BCUT2D eigenvalue weighted by Gasteiger charge is 2.39. The Kier molecular flexibility index (Phi) is 3.16. The van der Waals surface area contributed by atoms with Crippen molar-refractivity contribution in [2.24, 2.45) is 5.92 Å². The molecule has 1 N–H and O–H groups in total. The predicted octanol–water partition coefficient (Wildman–Crippen LogP) is 5.21. The van der Waals surface area contributed by atoms with Crippen LogP contribution in [0.1, 0.15) is 29.5 Å². The molecule has 1 aromatic heterocycles. The molecule has 2 aromatic rings. The van der Waals surface area contributed by atoms with Crippen LogP contribution in [0.25, 0.3) is 0 Å². The molecule has 2 aliphatic rings. The number of nitrogens with one attached hydrogen (secondary N) is 1. The molecular weight excluding hydrogens is 303 g/mol. The van der Waals surface area contributed by atoms with E-state index < -0.39 is 0 Å². The van der Waals surface area contributed by atoms with Gasteiger partial charge in [-0.05, 0) is 36.1 Å². The molecule has 2 nitrogen and oxygen atoms in total. The molecule has 0 bridgehead atoms. The maximum atomic E-state index is 6.44. The van der Waals surface area contributed by atoms with Crippen LogP contribution in [0.5, 0.6) is 0 Å². The van der Waals surface area contributed by atoms with Crippen LogP contribution in [0.4, 0.5) is 5.69 Å².